The molecule has 3 aliphatic heterocycles. The van der Waals surface area contributed by atoms with E-state index in [2.05, 4.69) is 173 Å². The molecule has 0 atom stereocenters. The van der Waals surface area contributed by atoms with Crippen LogP contribution in [0.3, 0.4) is 0 Å². The van der Waals surface area contributed by atoms with Gasteiger partial charge in [-0.25, -0.2) is 19.9 Å². The monoisotopic (exact) mass is 1440 g/mol. The summed E-state index contributed by atoms with van der Waals surface area (Å²) in [5, 5.41) is 7.13. The molecule has 3 saturated heterocycles. The number of nitrogens with zero attached hydrogens (tertiary/aromatic N) is 14. The molecule has 0 unspecified atom stereocenters. The lowest BCUT2D eigenvalue weighted by Crippen LogP contribution is -2.49. The van der Waals surface area contributed by atoms with Crippen LogP contribution in [-0.4, -0.2) is 186 Å². The summed E-state index contributed by atoms with van der Waals surface area (Å²) in [4.78, 5) is 32.6. The van der Waals surface area contributed by atoms with Gasteiger partial charge in [0.25, 0.3) is 0 Å². The zero-order valence-corrected chi connectivity index (χ0v) is 71.1. The van der Waals surface area contributed by atoms with E-state index in [0.717, 1.165) is 112 Å². The first-order valence-electron chi connectivity index (χ1n) is 44.2. The average Bonchev–Trinajstić information content (AvgIpc) is 1.64. The molecule has 14 heteroatoms. The van der Waals surface area contributed by atoms with Crippen LogP contribution in [0.1, 0.15) is 265 Å². The Morgan fingerprint density at radius 1 is 0.308 bits per heavy atom. The van der Waals surface area contributed by atoms with Crippen molar-refractivity contribution < 1.29 is 4.11 Å². The van der Waals surface area contributed by atoms with Crippen LogP contribution in [-0.2, 0) is 0 Å². The summed E-state index contributed by atoms with van der Waals surface area (Å²) in [7, 11) is 1.32. The van der Waals surface area contributed by atoms with E-state index in [1.807, 2.05) is 185 Å². The first-order chi connectivity index (χ1) is 53.0. The fourth-order valence-corrected chi connectivity index (χ4v) is 14.0. The van der Waals surface area contributed by atoms with Crippen molar-refractivity contribution in [3.63, 3.8) is 0 Å². The molecule has 5 aromatic heterocycles. The minimum absolute atomic E-state index is 0.437. The first kappa shape index (κ1) is 92.1. The van der Waals surface area contributed by atoms with Crippen molar-refractivity contribution in [2.24, 2.45) is 0 Å². The summed E-state index contributed by atoms with van der Waals surface area (Å²) in [6.07, 6.45) is 28.8. The van der Waals surface area contributed by atoms with Gasteiger partial charge in [0.2, 0.25) is 0 Å². The highest BCUT2D eigenvalue weighted by atomic mass is 15.3. The second-order valence-electron chi connectivity index (χ2n) is 23.5. The number of piperazine rings is 3. The normalized spacial score (nSPS) is 20.4. The number of aromatic nitrogens is 8. The fraction of sp³-hybridized carbons (Fsp3) is 0.633. The lowest BCUT2D eigenvalue weighted by molar-refractivity contribution is 0.0811. The molecular weight excluding hydrogens is 1280 g/mol. The van der Waals surface area contributed by atoms with E-state index in [0.29, 0.717) is 51.3 Å². The quantitative estimate of drug-likeness (QED) is 0.138. The van der Waals surface area contributed by atoms with Gasteiger partial charge in [-0.2, -0.15) is 5.10 Å². The molecule has 0 radical (unpaired) electrons. The SMILES string of the molecule is CC.CC.CC.CC.CC.CC.CC.CC.CC.CC.CC.CC.[2H]CN1CCN(C2CCC(n3cc(-c4ccccc4)c4cncnc43)CC2)CC1.[2H]CN1CCN(C2CCC(n3cc(-c4ccccc4)c4cncnc43)CC2)CC1.[2H]CN1CCN(C2CCC(n3ccc(-c4ccccc4)n3)CC2)CC1. The van der Waals surface area contributed by atoms with Gasteiger partial charge in [0, 0.05) is 171 Å². The summed E-state index contributed by atoms with van der Waals surface area (Å²) >= 11 is 0. The summed E-state index contributed by atoms with van der Waals surface area (Å²) in [5.41, 5.74) is 9.32. The van der Waals surface area contributed by atoms with Crippen molar-refractivity contribution in [1.82, 2.24) is 68.3 Å². The van der Waals surface area contributed by atoms with E-state index in [-0.39, 0.29) is 0 Å². The smallest absolute Gasteiger partial charge is 0.144 e. The van der Waals surface area contributed by atoms with Crippen LogP contribution in [0.5, 0.6) is 0 Å². The van der Waals surface area contributed by atoms with Crippen LogP contribution in [0.4, 0.5) is 0 Å². The lowest BCUT2D eigenvalue weighted by atomic mass is 9.89. The molecule has 0 bridgehead atoms. The Morgan fingerprint density at radius 2 is 0.577 bits per heavy atom. The van der Waals surface area contributed by atoms with Crippen molar-refractivity contribution in [2.75, 3.05) is 99.6 Å². The maximum Gasteiger partial charge on any atom is 0.144 e. The number of hydrogen-bond acceptors (Lipinski definition) is 11. The molecular formula is C90H158N14. The number of rotatable bonds is 9. The number of likely N-dealkylation sites (N-methyl/N-ethyl adjacent to an activating group) is 3. The van der Waals surface area contributed by atoms with Gasteiger partial charge in [-0.3, -0.25) is 19.4 Å². The van der Waals surface area contributed by atoms with E-state index in [1.54, 1.807) is 12.7 Å². The standard InChI is InChI=1S/2C23H29N5.C20H28N4.12C2H6/c2*1-26-11-13-27(14-12-26)19-7-9-20(10-8-19)28-16-22(18-5-3-2-4-6-18)21-15-24-17-25-23(21)28;1-22-13-15-23(16-14-22)18-7-9-19(10-8-18)24-12-11-20(21-24)17-5-3-2-4-6-17;12*1-2/h2*2-6,15-17,19-20H,7-14H2,1H3;2-6,11-12,18-19H,7-10,13-16H2,1H3;12*1-2H3/i3*1D;;;;;;;;;;;;. The highest BCUT2D eigenvalue weighted by Crippen LogP contribution is 2.40. The molecule has 8 aromatic rings. The molecule has 104 heavy (non-hydrogen) atoms. The summed E-state index contributed by atoms with van der Waals surface area (Å²) in [5.74, 6) is 0. The zero-order chi connectivity index (χ0) is 80.3. The van der Waals surface area contributed by atoms with Gasteiger partial charge in [0.15, 0.2) is 0 Å². The Kier molecular flexibility index (Phi) is 54.0. The summed E-state index contributed by atoms with van der Waals surface area (Å²) in [6, 6.07) is 37.4. The molecule has 0 amide bonds. The maximum absolute atomic E-state index is 7.55. The highest BCUT2D eigenvalue weighted by Gasteiger charge is 2.33. The second kappa shape index (κ2) is 60.9. The number of benzene rings is 3. The molecule has 14 nitrogen and oxygen atoms in total. The van der Waals surface area contributed by atoms with E-state index >= 15 is 0 Å². The van der Waals surface area contributed by atoms with Crippen LogP contribution in [0, 0.1) is 0 Å². The van der Waals surface area contributed by atoms with Crippen LogP contribution < -0.4 is 0 Å². The third kappa shape index (κ3) is 30.3. The molecule has 3 aromatic carbocycles. The molecule has 6 fully saturated rings. The van der Waals surface area contributed by atoms with Crippen LogP contribution >= 0.6 is 0 Å². The van der Waals surface area contributed by atoms with E-state index in [1.165, 1.54) is 105 Å². The van der Waals surface area contributed by atoms with Gasteiger partial charge < -0.3 is 23.8 Å². The summed E-state index contributed by atoms with van der Waals surface area (Å²) in [6.45, 7) is 61.0. The third-order valence-corrected chi connectivity index (χ3v) is 18.8. The topological polar surface area (TPSA) is 98.7 Å². The van der Waals surface area contributed by atoms with Crippen molar-refractivity contribution in [3.8, 4) is 33.5 Å². The highest BCUT2D eigenvalue weighted by molar-refractivity contribution is 5.94. The van der Waals surface area contributed by atoms with Crippen LogP contribution in [0.2, 0.25) is 0 Å². The summed E-state index contributed by atoms with van der Waals surface area (Å²) < 4.78 is 29.6. The Hall–Kier alpha value is -6.13. The minimum Gasteiger partial charge on any atom is -0.329 e. The van der Waals surface area contributed by atoms with Gasteiger partial charge in [-0.05, 0) is 115 Å². The van der Waals surface area contributed by atoms with Crippen molar-refractivity contribution in [1.29, 1.82) is 0 Å². The third-order valence-electron chi connectivity index (χ3n) is 18.8. The van der Waals surface area contributed by atoms with Gasteiger partial charge in [0.1, 0.15) is 23.9 Å². The Morgan fingerprint density at radius 3 is 0.865 bits per heavy atom. The predicted molar refractivity (Wildman–Crippen MR) is 461 cm³/mol. The van der Waals surface area contributed by atoms with Crippen molar-refractivity contribution >= 4 is 22.1 Å². The Balaban J connectivity index is 0.00000138. The van der Waals surface area contributed by atoms with E-state index < -0.39 is 0 Å². The van der Waals surface area contributed by atoms with Gasteiger partial charge in [-0.1, -0.05) is 257 Å². The molecule has 14 rings (SSSR count). The molecule has 0 spiro atoms. The zero-order valence-electron chi connectivity index (χ0n) is 74.1. The molecule has 588 valence electrons. The average molecular weight is 1440 g/mol. The van der Waals surface area contributed by atoms with Gasteiger partial charge in [-0.15, -0.1) is 0 Å². The number of hydrogen-bond donors (Lipinski definition) is 0. The van der Waals surface area contributed by atoms with Gasteiger partial charge in [0.05, 0.1) is 11.7 Å². The van der Waals surface area contributed by atoms with Crippen LogP contribution in [0.15, 0.2) is 141 Å². The lowest BCUT2D eigenvalue weighted by Gasteiger charge is -2.41. The fourth-order valence-electron chi connectivity index (χ4n) is 14.0. The maximum atomic E-state index is 7.55. The van der Waals surface area contributed by atoms with Gasteiger partial charge >= 0.3 is 0 Å². The number of fused-ring (bicyclic) bond motifs is 2. The Bertz CT molecular complexity index is 3070. The predicted octanol–water partition coefficient (Wildman–Crippen LogP) is 23.3. The van der Waals surface area contributed by atoms with Crippen LogP contribution in [0.25, 0.3) is 55.6 Å². The molecule has 3 saturated carbocycles. The van der Waals surface area contributed by atoms with E-state index in [9.17, 15) is 0 Å². The molecule has 8 heterocycles. The Labute approximate surface area is 644 Å². The second-order valence-corrected chi connectivity index (χ2v) is 23.5. The van der Waals surface area contributed by atoms with E-state index in [4.69, 9.17) is 9.21 Å². The first-order valence-corrected chi connectivity index (χ1v) is 42.1. The largest absolute Gasteiger partial charge is 0.329 e. The molecule has 3 aliphatic carbocycles. The molecule has 6 aliphatic rings. The van der Waals surface area contributed by atoms with Crippen molar-refractivity contribution in [3.05, 3.63) is 141 Å². The molecule has 0 N–H and O–H groups in total. The van der Waals surface area contributed by atoms with Crippen molar-refractivity contribution in [2.45, 2.75) is 279 Å². The minimum atomic E-state index is 0.437.